The van der Waals surface area contributed by atoms with Crippen molar-refractivity contribution in [1.82, 2.24) is 9.78 Å². The maximum absolute atomic E-state index is 12.0. The van der Waals surface area contributed by atoms with E-state index in [0.29, 0.717) is 20.8 Å². The predicted molar refractivity (Wildman–Crippen MR) is 77.4 cm³/mol. The number of halogens is 3. The van der Waals surface area contributed by atoms with Crippen LogP contribution in [0.1, 0.15) is 16.2 Å². The average molecular weight is 319 g/mol. The molecule has 0 saturated carbocycles. The van der Waals surface area contributed by atoms with Crippen LogP contribution in [0, 0.1) is 6.92 Å². The zero-order valence-electron chi connectivity index (χ0n) is 10.2. The molecule has 1 aromatic carbocycles. The average Bonchev–Trinajstić information content (AvgIpc) is 2.62. The summed E-state index contributed by atoms with van der Waals surface area (Å²) in [5.74, 6) is -0.396. The third-order valence-electron chi connectivity index (χ3n) is 2.65. The van der Waals surface area contributed by atoms with Crippen LogP contribution in [0.3, 0.4) is 0 Å². The van der Waals surface area contributed by atoms with E-state index in [4.69, 9.17) is 34.8 Å². The quantitative estimate of drug-likeness (QED) is 0.911. The first-order valence-corrected chi connectivity index (χ1v) is 6.49. The molecule has 0 bridgehead atoms. The lowest BCUT2D eigenvalue weighted by Gasteiger charge is -2.04. The number of nitrogens with one attached hydrogen (secondary N) is 1. The van der Waals surface area contributed by atoms with Crippen molar-refractivity contribution in [2.24, 2.45) is 7.05 Å². The molecule has 19 heavy (non-hydrogen) atoms. The fourth-order valence-electron chi connectivity index (χ4n) is 1.49. The summed E-state index contributed by atoms with van der Waals surface area (Å²) in [4.78, 5) is 12.0. The van der Waals surface area contributed by atoms with Gasteiger partial charge in [0, 0.05) is 12.7 Å². The fraction of sp³-hybridized carbons (Fsp3) is 0.167. The first kappa shape index (κ1) is 14.2. The Kier molecular flexibility index (Phi) is 4.04. The second-order valence-electron chi connectivity index (χ2n) is 3.95. The van der Waals surface area contributed by atoms with Crippen LogP contribution in [0.5, 0.6) is 0 Å². The lowest BCUT2D eigenvalue weighted by Crippen LogP contribution is -2.13. The van der Waals surface area contributed by atoms with E-state index in [9.17, 15) is 4.79 Å². The van der Waals surface area contributed by atoms with Crippen LogP contribution in [0.4, 0.5) is 5.69 Å². The summed E-state index contributed by atoms with van der Waals surface area (Å²) >= 11 is 17.7. The van der Waals surface area contributed by atoms with E-state index in [2.05, 4.69) is 10.4 Å². The minimum absolute atomic E-state index is 0.174. The molecule has 7 heteroatoms. The number of aryl methyl sites for hydroxylation is 1. The Morgan fingerprint density at radius 3 is 2.47 bits per heavy atom. The molecule has 1 amide bonds. The SMILES string of the molecule is Cc1c(Cl)c(C(=O)Nc2ccc(Cl)c(Cl)c2)nn1C. The van der Waals surface area contributed by atoms with Gasteiger partial charge in [0.1, 0.15) is 0 Å². The molecule has 1 N–H and O–H groups in total. The van der Waals surface area contributed by atoms with Gasteiger partial charge >= 0.3 is 0 Å². The van der Waals surface area contributed by atoms with Crippen LogP contribution in [-0.2, 0) is 7.05 Å². The van der Waals surface area contributed by atoms with Gasteiger partial charge in [-0.05, 0) is 25.1 Å². The number of hydrogen-bond acceptors (Lipinski definition) is 2. The van der Waals surface area contributed by atoms with E-state index in [1.807, 2.05) is 0 Å². The zero-order valence-corrected chi connectivity index (χ0v) is 12.4. The van der Waals surface area contributed by atoms with E-state index in [-0.39, 0.29) is 5.69 Å². The number of benzene rings is 1. The lowest BCUT2D eigenvalue weighted by molar-refractivity contribution is 0.102. The summed E-state index contributed by atoms with van der Waals surface area (Å²) in [6, 6.07) is 4.81. The Bertz CT molecular complexity index is 652. The van der Waals surface area contributed by atoms with Gasteiger partial charge in [-0.15, -0.1) is 0 Å². The van der Waals surface area contributed by atoms with E-state index in [0.717, 1.165) is 5.69 Å². The molecule has 1 aromatic heterocycles. The first-order chi connectivity index (χ1) is 8.90. The standard InChI is InChI=1S/C12H10Cl3N3O/c1-6-10(15)11(17-18(6)2)12(19)16-7-3-4-8(13)9(14)5-7/h3-5H,1-2H3,(H,16,19). The summed E-state index contributed by atoms with van der Waals surface area (Å²) in [5, 5.41) is 7.84. The molecule has 2 aromatic rings. The highest BCUT2D eigenvalue weighted by atomic mass is 35.5. The normalized spacial score (nSPS) is 10.6. The van der Waals surface area contributed by atoms with Crippen LogP contribution >= 0.6 is 34.8 Å². The molecular weight excluding hydrogens is 309 g/mol. The first-order valence-electron chi connectivity index (χ1n) is 5.35. The maximum atomic E-state index is 12.0. The topological polar surface area (TPSA) is 46.9 Å². The van der Waals surface area contributed by atoms with Crippen molar-refractivity contribution in [1.29, 1.82) is 0 Å². The van der Waals surface area contributed by atoms with Gasteiger partial charge in [-0.3, -0.25) is 9.48 Å². The van der Waals surface area contributed by atoms with Gasteiger partial charge in [0.2, 0.25) is 0 Å². The van der Waals surface area contributed by atoms with Crippen LogP contribution < -0.4 is 5.32 Å². The smallest absolute Gasteiger partial charge is 0.277 e. The molecule has 1 heterocycles. The molecule has 0 aliphatic heterocycles. The number of amides is 1. The van der Waals surface area contributed by atoms with E-state index >= 15 is 0 Å². The van der Waals surface area contributed by atoms with Gasteiger partial charge in [-0.2, -0.15) is 5.10 Å². The summed E-state index contributed by atoms with van der Waals surface area (Å²) < 4.78 is 1.55. The second kappa shape index (κ2) is 5.41. The third kappa shape index (κ3) is 2.86. The summed E-state index contributed by atoms with van der Waals surface area (Å²) in [5.41, 5.74) is 1.42. The zero-order chi connectivity index (χ0) is 14.2. The molecule has 0 radical (unpaired) electrons. The molecular formula is C12H10Cl3N3O. The molecule has 0 atom stereocenters. The van der Waals surface area contributed by atoms with Crippen molar-refractivity contribution in [2.45, 2.75) is 6.92 Å². The number of carbonyl (C=O) groups is 1. The highest BCUT2D eigenvalue weighted by molar-refractivity contribution is 6.42. The number of nitrogens with zero attached hydrogens (tertiary/aromatic N) is 2. The van der Waals surface area contributed by atoms with Crippen LogP contribution in [-0.4, -0.2) is 15.7 Å². The van der Waals surface area contributed by atoms with E-state index in [1.165, 1.54) is 0 Å². The number of aromatic nitrogens is 2. The highest BCUT2D eigenvalue weighted by Gasteiger charge is 2.18. The molecule has 100 valence electrons. The van der Waals surface area contributed by atoms with E-state index < -0.39 is 5.91 Å². The highest BCUT2D eigenvalue weighted by Crippen LogP contribution is 2.26. The van der Waals surface area contributed by atoms with Gasteiger partial charge in [0.25, 0.3) is 5.91 Å². The Labute approximate surface area is 125 Å². The Morgan fingerprint density at radius 1 is 1.26 bits per heavy atom. The molecule has 4 nitrogen and oxygen atoms in total. The lowest BCUT2D eigenvalue weighted by atomic mass is 10.3. The monoisotopic (exact) mass is 317 g/mol. The molecule has 0 spiro atoms. The number of carbonyl (C=O) groups excluding carboxylic acids is 1. The van der Waals surface area contributed by atoms with E-state index in [1.54, 1.807) is 36.9 Å². The van der Waals surface area contributed by atoms with Gasteiger partial charge in [0.15, 0.2) is 5.69 Å². The maximum Gasteiger partial charge on any atom is 0.277 e. The van der Waals surface area contributed by atoms with Gasteiger partial charge in [-0.1, -0.05) is 34.8 Å². The van der Waals surface area contributed by atoms with Crippen molar-refractivity contribution in [2.75, 3.05) is 5.32 Å². The second-order valence-corrected chi connectivity index (χ2v) is 5.15. The van der Waals surface area contributed by atoms with Crippen LogP contribution in [0.25, 0.3) is 0 Å². The van der Waals surface area contributed by atoms with Crippen molar-refractivity contribution in [3.63, 3.8) is 0 Å². The van der Waals surface area contributed by atoms with Crippen molar-refractivity contribution in [3.8, 4) is 0 Å². The summed E-state index contributed by atoms with van der Waals surface area (Å²) in [6.07, 6.45) is 0. The predicted octanol–water partition coefficient (Wildman–Crippen LogP) is 3.94. The Balaban J connectivity index is 2.25. The summed E-state index contributed by atoms with van der Waals surface area (Å²) in [7, 11) is 1.72. The minimum atomic E-state index is -0.396. The third-order valence-corrected chi connectivity index (χ3v) is 3.85. The molecule has 0 saturated heterocycles. The number of anilines is 1. The van der Waals surface area contributed by atoms with Crippen molar-refractivity contribution < 1.29 is 4.79 Å². The summed E-state index contributed by atoms with van der Waals surface area (Å²) in [6.45, 7) is 1.78. The Hall–Kier alpha value is -1.23. The number of hydrogen-bond donors (Lipinski definition) is 1. The van der Waals surface area contributed by atoms with Crippen molar-refractivity contribution in [3.05, 3.63) is 44.7 Å². The van der Waals surface area contributed by atoms with Crippen molar-refractivity contribution >= 4 is 46.4 Å². The molecule has 0 fully saturated rings. The number of rotatable bonds is 2. The minimum Gasteiger partial charge on any atom is -0.320 e. The van der Waals surface area contributed by atoms with Crippen LogP contribution in [0.2, 0.25) is 15.1 Å². The van der Waals surface area contributed by atoms with Gasteiger partial charge in [-0.25, -0.2) is 0 Å². The van der Waals surface area contributed by atoms with Gasteiger partial charge < -0.3 is 5.32 Å². The Morgan fingerprint density at radius 2 is 1.95 bits per heavy atom. The van der Waals surface area contributed by atoms with Crippen LogP contribution in [0.15, 0.2) is 18.2 Å². The molecule has 0 unspecified atom stereocenters. The fourth-order valence-corrected chi connectivity index (χ4v) is 2.04. The molecule has 0 aliphatic rings. The largest absolute Gasteiger partial charge is 0.320 e. The molecule has 0 aliphatic carbocycles. The van der Waals surface area contributed by atoms with Gasteiger partial charge in [0.05, 0.1) is 20.8 Å². The molecule has 2 rings (SSSR count).